The highest BCUT2D eigenvalue weighted by atomic mass is 16.6. The van der Waals surface area contributed by atoms with E-state index in [1.165, 1.54) is 51.4 Å². The van der Waals surface area contributed by atoms with Gasteiger partial charge in [0.05, 0.1) is 12.2 Å². The van der Waals surface area contributed by atoms with Gasteiger partial charge in [-0.25, -0.2) is 0 Å². The van der Waals surface area contributed by atoms with Gasteiger partial charge < -0.3 is 25.2 Å². The minimum Gasteiger partial charge on any atom is -0.455 e. The molecule has 0 unspecified atom stereocenters. The van der Waals surface area contributed by atoms with Gasteiger partial charge in [-0.15, -0.1) is 0 Å². The molecule has 0 saturated heterocycles. The molecule has 0 aromatic carbocycles. The standard InChI is InChI=1S/C35H56O7/c1-7-8-9-10-11-12-13-14-15-16-17-18-28(37)42-35-30(39)24(3)34(41)26(32(35,6)31(35,4)5)20-25(22-36)21-33(40)27(34)19-23(2)29(33)38/h19-20,24,26-27,30,36,39-41H,7-18,21-22H2,1-6H3/t24-,26+,27-,30-,32-,33-,34-,35-/m1/s1. The van der Waals surface area contributed by atoms with Gasteiger partial charge in [-0.3, -0.25) is 9.59 Å². The summed E-state index contributed by atoms with van der Waals surface area (Å²) in [5.74, 6) is -3.27. The molecule has 42 heavy (non-hydrogen) atoms. The Labute approximate surface area is 252 Å². The van der Waals surface area contributed by atoms with Crippen molar-refractivity contribution in [3.63, 3.8) is 0 Å². The molecule has 0 aliphatic heterocycles. The summed E-state index contributed by atoms with van der Waals surface area (Å²) in [4.78, 5) is 26.5. The molecule has 0 bridgehead atoms. The van der Waals surface area contributed by atoms with Crippen molar-refractivity contribution in [1.29, 1.82) is 0 Å². The fraction of sp³-hybridized carbons (Fsp3) is 0.829. The molecular formula is C35H56O7. The van der Waals surface area contributed by atoms with E-state index in [0.717, 1.165) is 19.3 Å². The molecule has 2 saturated carbocycles. The molecule has 8 atom stereocenters. The van der Waals surface area contributed by atoms with Gasteiger partial charge in [0.2, 0.25) is 0 Å². The van der Waals surface area contributed by atoms with Gasteiger partial charge in [0.25, 0.3) is 0 Å². The van der Waals surface area contributed by atoms with E-state index in [1.807, 2.05) is 20.8 Å². The molecule has 7 nitrogen and oxygen atoms in total. The van der Waals surface area contributed by atoms with Crippen LogP contribution in [0.5, 0.6) is 0 Å². The van der Waals surface area contributed by atoms with Crippen LogP contribution in [0.1, 0.15) is 125 Å². The van der Waals surface area contributed by atoms with Crippen LogP contribution in [0.2, 0.25) is 0 Å². The molecule has 4 aliphatic rings. The van der Waals surface area contributed by atoms with Crippen molar-refractivity contribution in [3.05, 3.63) is 23.3 Å². The molecule has 4 aliphatic carbocycles. The number of fused-ring (bicyclic) bond motifs is 5. The zero-order valence-electron chi connectivity index (χ0n) is 26.9. The second kappa shape index (κ2) is 12.1. The molecule has 4 N–H and O–H groups in total. The van der Waals surface area contributed by atoms with Crippen LogP contribution in [-0.4, -0.2) is 61.7 Å². The quantitative estimate of drug-likeness (QED) is 0.119. The average Bonchev–Trinajstić information content (AvgIpc) is 3.26. The summed E-state index contributed by atoms with van der Waals surface area (Å²) < 4.78 is 6.29. The molecule has 0 amide bonds. The van der Waals surface area contributed by atoms with E-state index in [0.29, 0.717) is 11.1 Å². The summed E-state index contributed by atoms with van der Waals surface area (Å²) in [5.41, 5.74) is -5.63. The van der Waals surface area contributed by atoms with Gasteiger partial charge in [0.15, 0.2) is 11.4 Å². The van der Waals surface area contributed by atoms with Crippen LogP contribution < -0.4 is 0 Å². The summed E-state index contributed by atoms with van der Waals surface area (Å²) in [6.07, 6.45) is 15.4. The number of hydrogen-bond donors (Lipinski definition) is 4. The third-order valence-corrected chi connectivity index (χ3v) is 12.2. The van der Waals surface area contributed by atoms with E-state index >= 15 is 0 Å². The maximum absolute atomic E-state index is 13.3. The zero-order chi connectivity index (χ0) is 31.1. The normalized spacial score (nSPS) is 39.9. The lowest BCUT2D eigenvalue weighted by molar-refractivity contribution is -0.231. The second-order valence-corrected chi connectivity index (χ2v) is 14.7. The second-order valence-electron chi connectivity index (χ2n) is 14.7. The zero-order valence-corrected chi connectivity index (χ0v) is 26.9. The third-order valence-electron chi connectivity index (χ3n) is 12.2. The van der Waals surface area contributed by atoms with Crippen molar-refractivity contribution in [2.24, 2.45) is 28.6 Å². The number of esters is 1. The molecule has 0 spiro atoms. The predicted octanol–water partition coefficient (Wildman–Crippen LogP) is 5.57. The van der Waals surface area contributed by atoms with Crippen molar-refractivity contribution in [2.75, 3.05) is 6.61 Å². The van der Waals surface area contributed by atoms with Gasteiger partial charge >= 0.3 is 5.97 Å². The van der Waals surface area contributed by atoms with Gasteiger partial charge in [-0.05, 0) is 24.5 Å². The number of unbranched alkanes of at least 4 members (excludes halogenated alkanes) is 10. The third kappa shape index (κ3) is 4.76. The van der Waals surface area contributed by atoms with E-state index in [-0.39, 0.29) is 25.4 Å². The van der Waals surface area contributed by atoms with E-state index in [9.17, 15) is 30.0 Å². The highest BCUT2D eigenvalue weighted by molar-refractivity contribution is 6.04. The van der Waals surface area contributed by atoms with E-state index in [2.05, 4.69) is 6.92 Å². The number of aliphatic hydroxyl groups is 4. The molecule has 2 fully saturated rings. The molecular weight excluding hydrogens is 532 g/mol. The van der Waals surface area contributed by atoms with Crippen molar-refractivity contribution in [2.45, 2.75) is 148 Å². The number of ketones is 1. The maximum Gasteiger partial charge on any atom is 0.306 e. The Bertz CT molecular complexity index is 1090. The van der Waals surface area contributed by atoms with Gasteiger partial charge in [-0.2, -0.15) is 0 Å². The first-order valence-corrected chi connectivity index (χ1v) is 16.6. The monoisotopic (exact) mass is 588 g/mol. The van der Waals surface area contributed by atoms with Crippen LogP contribution in [0.4, 0.5) is 0 Å². The van der Waals surface area contributed by atoms with Gasteiger partial charge in [0.1, 0.15) is 11.7 Å². The first kappa shape index (κ1) is 33.4. The Hall–Kier alpha value is -1.54. The summed E-state index contributed by atoms with van der Waals surface area (Å²) >= 11 is 0. The number of ether oxygens (including phenoxy) is 1. The van der Waals surface area contributed by atoms with Crippen LogP contribution in [0.25, 0.3) is 0 Å². The van der Waals surface area contributed by atoms with Crippen molar-refractivity contribution in [3.8, 4) is 0 Å². The molecule has 238 valence electrons. The van der Waals surface area contributed by atoms with Crippen LogP contribution in [0.3, 0.4) is 0 Å². The van der Waals surface area contributed by atoms with E-state index in [1.54, 1.807) is 26.0 Å². The SMILES string of the molecule is CCCCCCCCCCCCCC(=O)O[C@@]12[C@H](O)[C@@H](C)[C@@]3(O)[C@@H](C=C(CO)C[C@]4(O)C(=O)C(C)=C[C@@H]34)[C@]1(C)C2(C)C. The lowest BCUT2D eigenvalue weighted by Gasteiger charge is -2.54. The molecule has 0 aromatic rings. The van der Waals surface area contributed by atoms with Crippen LogP contribution in [-0.2, 0) is 14.3 Å². The Balaban J connectivity index is 1.46. The van der Waals surface area contributed by atoms with Crippen molar-refractivity contribution >= 4 is 11.8 Å². The lowest BCUT2D eigenvalue weighted by atomic mass is 9.55. The number of aliphatic hydroxyl groups excluding tert-OH is 2. The average molecular weight is 589 g/mol. The maximum atomic E-state index is 13.3. The Morgan fingerprint density at radius 2 is 1.48 bits per heavy atom. The molecule has 0 aromatic heterocycles. The first-order chi connectivity index (χ1) is 19.7. The topological polar surface area (TPSA) is 124 Å². The lowest BCUT2D eigenvalue weighted by Crippen LogP contribution is -2.67. The van der Waals surface area contributed by atoms with Crippen LogP contribution in [0.15, 0.2) is 23.3 Å². The first-order valence-electron chi connectivity index (χ1n) is 16.6. The minimum atomic E-state index is -1.91. The number of rotatable bonds is 14. The van der Waals surface area contributed by atoms with Gasteiger partial charge in [0, 0.05) is 41.4 Å². The predicted molar refractivity (Wildman–Crippen MR) is 162 cm³/mol. The van der Waals surface area contributed by atoms with E-state index < -0.39 is 57.3 Å². The Kier molecular flexibility index (Phi) is 9.61. The Morgan fingerprint density at radius 1 is 0.929 bits per heavy atom. The summed E-state index contributed by atoms with van der Waals surface area (Å²) in [6, 6.07) is 0. The Morgan fingerprint density at radius 3 is 2.02 bits per heavy atom. The largest absolute Gasteiger partial charge is 0.455 e. The molecule has 4 rings (SSSR count). The number of carbonyl (C=O) groups excluding carboxylic acids is 2. The van der Waals surface area contributed by atoms with Crippen LogP contribution in [0, 0.1) is 28.6 Å². The fourth-order valence-electron chi connectivity index (χ4n) is 9.40. The van der Waals surface area contributed by atoms with Gasteiger partial charge in [-0.1, -0.05) is 111 Å². The highest BCUT2D eigenvalue weighted by Crippen LogP contribution is 2.84. The summed E-state index contributed by atoms with van der Waals surface area (Å²) in [5, 5.41) is 46.4. The highest BCUT2D eigenvalue weighted by Gasteiger charge is 2.93. The smallest absolute Gasteiger partial charge is 0.306 e. The molecule has 0 radical (unpaired) electrons. The fourth-order valence-corrected chi connectivity index (χ4v) is 9.40. The molecule has 7 heteroatoms. The summed E-state index contributed by atoms with van der Waals surface area (Å²) in [7, 11) is 0. The molecule has 0 heterocycles. The number of Topliss-reactive ketones (excluding diaryl/α,β-unsaturated/α-hetero) is 1. The van der Waals surface area contributed by atoms with Crippen LogP contribution >= 0.6 is 0 Å². The number of carbonyl (C=O) groups is 2. The van der Waals surface area contributed by atoms with E-state index in [4.69, 9.17) is 4.74 Å². The minimum absolute atomic E-state index is 0.0926. The van der Waals surface area contributed by atoms with Crippen molar-refractivity contribution < 1.29 is 34.8 Å². The number of hydrogen-bond acceptors (Lipinski definition) is 7. The summed E-state index contributed by atoms with van der Waals surface area (Å²) in [6.45, 7) is 11.0. The van der Waals surface area contributed by atoms with Crippen molar-refractivity contribution in [1.82, 2.24) is 0 Å².